The standard InChI is InChI=1S/C22H18BrN3O2/c1-14-20(22(28)26(25(14)2)16-8-4-3-5-9-16)24-13-15-12-19(23)17-10-6-7-11-18(17)21(15)27/h3-13,27H,1-2H3. The number of aromatic hydroxyl groups is 1. The summed E-state index contributed by atoms with van der Waals surface area (Å²) in [6, 6.07) is 18.8. The van der Waals surface area contributed by atoms with Crippen LogP contribution in [0.25, 0.3) is 16.5 Å². The van der Waals surface area contributed by atoms with E-state index in [1.54, 1.807) is 15.4 Å². The van der Waals surface area contributed by atoms with Crippen molar-refractivity contribution in [3.05, 3.63) is 86.7 Å². The SMILES string of the molecule is Cc1c(N=Cc2cc(Br)c3ccccc3c2O)c(=O)n(-c2ccccc2)n1C. The lowest BCUT2D eigenvalue weighted by Gasteiger charge is -2.07. The molecule has 0 aliphatic heterocycles. The Morgan fingerprint density at radius 2 is 1.68 bits per heavy atom. The summed E-state index contributed by atoms with van der Waals surface area (Å²) in [7, 11) is 1.83. The van der Waals surface area contributed by atoms with E-state index in [0.29, 0.717) is 11.3 Å². The first-order valence-corrected chi connectivity index (χ1v) is 9.56. The molecule has 1 heterocycles. The van der Waals surface area contributed by atoms with E-state index >= 15 is 0 Å². The summed E-state index contributed by atoms with van der Waals surface area (Å²) in [6.45, 7) is 1.85. The van der Waals surface area contributed by atoms with E-state index < -0.39 is 0 Å². The molecule has 0 spiro atoms. The van der Waals surface area contributed by atoms with E-state index in [1.807, 2.05) is 68.6 Å². The second kappa shape index (κ2) is 7.13. The smallest absolute Gasteiger partial charge is 0.297 e. The zero-order valence-electron chi connectivity index (χ0n) is 15.4. The molecular formula is C22H18BrN3O2. The maximum atomic E-state index is 13.0. The van der Waals surface area contributed by atoms with E-state index in [-0.39, 0.29) is 11.3 Å². The molecule has 0 unspecified atom stereocenters. The summed E-state index contributed by atoms with van der Waals surface area (Å²) in [5.41, 5.74) is 2.19. The number of rotatable bonds is 3. The van der Waals surface area contributed by atoms with Gasteiger partial charge in [0.1, 0.15) is 5.75 Å². The Bertz CT molecular complexity index is 1270. The van der Waals surface area contributed by atoms with Crippen molar-refractivity contribution >= 4 is 38.6 Å². The van der Waals surface area contributed by atoms with Gasteiger partial charge in [-0.2, -0.15) is 0 Å². The minimum atomic E-state index is -0.207. The minimum absolute atomic E-state index is 0.138. The van der Waals surface area contributed by atoms with Crippen molar-refractivity contribution in [1.29, 1.82) is 0 Å². The number of benzene rings is 3. The van der Waals surface area contributed by atoms with Gasteiger partial charge in [-0.25, -0.2) is 9.67 Å². The molecule has 0 atom stereocenters. The van der Waals surface area contributed by atoms with Gasteiger partial charge in [-0.1, -0.05) is 58.4 Å². The van der Waals surface area contributed by atoms with Crippen LogP contribution in [-0.2, 0) is 7.05 Å². The van der Waals surface area contributed by atoms with Crippen LogP contribution in [0, 0.1) is 6.92 Å². The van der Waals surface area contributed by atoms with E-state index in [2.05, 4.69) is 20.9 Å². The molecule has 4 aromatic rings. The molecule has 3 aromatic carbocycles. The van der Waals surface area contributed by atoms with Gasteiger partial charge in [0.25, 0.3) is 5.56 Å². The molecule has 1 aromatic heterocycles. The molecule has 1 N–H and O–H groups in total. The van der Waals surface area contributed by atoms with E-state index in [4.69, 9.17) is 0 Å². The molecule has 140 valence electrons. The first kappa shape index (κ1) is 18.3. The van der Waals surface area contributed by atoms with Crippen molar-refractivity contribution in [3.8, 4) is 11.4 Å². The molecule has 0 saturated carbocycles. The molecule has 5 nitrogen and oxygen atoms in total. The summed E-state index contributed by atoms with van der Waals surface area (Å²) in [6.07, 6.45) is 1.53. The van der Waals surface area contributed by atoms with Gasteiger partial charge in [0.05, 0.1) is 11.4 Å². The van der Waals surface area contributed by atoms with E-state index in [9.17, 15) is 9.90 Å². The summed E-state index contributed by atoms with van der Waals surface area (Å²) in [4.78, 5) is 17.4. The highest BCUT2D eigenvalue weighted by Gasteiger charge is 2.15. The van der Waals surface area contributed by atoms with Gasteiger partial charge in [-0.15, -0.1) is 0 Å². The average molecular weight is 436 g/mol. The lowest BCUT2D eigenvalue weighted by molar-refractivity contribution is 0.481. The molecule has 6 heteroatoms. The van der Waals surface area contributed by atoms with Crippen LogP contribution in [0.3, 0.4) is 0 Å². The summed E-state index contributed by atoms with van der Waals surface area (Å²) >= 11 is 3.54. The van der Waals surface area contributed by atoms with Gasteiger partial charge in [-0.3, -0.25) is 9.48 Å². The van der Waals surface area contributed by atoms with Gasteiger partial charge < -0.3 is 5.11 Å². The zero-order valence-corrected chi connectivity index (χ0v) is 17.0. The van der Waals surface area contributed by atoms with E-state index in [1.165, 1.54) is 6.21 Å². The van der Waals surface area contributed by atoms with Crippen molar-refractivity contribution in [2.45, 2.75) is 6.92 Å². The molecular weight excluding hydrogens is 418 g/mol. The molecule has 0 aliphatic carbocycles. The molecule has 0 saturated heterocycles. The predicted molar refractivity (Wildman–Crippen MR) is 116 cm³/mol. The lowest BCUT2D eigenvalue weighted by Crippen LogP contribution is -2.19. The maximum Gasteiger partial charge on any atom is 0.297 e. The Labute approximate surface area is 170 Å². The summed E-state index contributed by atoms with van der Waals surface area (Å²) < 4.78 is 4.22. The first-order valence-electron chi connectivity index (χ1n) is 8.77. The monoisotopic (exact) mass is 435 g/mol. The fourth-order valence-corrected chi connectivity index (χ4v) is 3.86. The molecule has 0 aliphatic rings. The van der Waals surface area contributed by atoms with Gasteiger partial charge >= 0.3 is 0 Å². The van der Waals surface area contributed by atoms with Gasteiger partial charge in [0.2, 0.25) is 0 Å². The molecule has 4 rings (SSSR count). The number of fused-ring (bicyclic) bond motifs is 1. The van der Waals surface area contributed by atoms with Crippen molar-refractivity contribution in [2.24, 2.45) is 12.0 Å². The Balaban J connectivity index is 1.83. The lowest BCUT2D eigenvalue weighted by atomic mass is 10.1. The highest BCUT2D eigenvalue weighted by atomic mass is 79.9. The molecule has 0 amide bonds. The van der Waals surface area contributed by atoms with Gasteiger partial charge in [0, 0.05) is 28.7 Å². The number of aliphatic imine (C=N–C) groups is 1. The number of phenols is 1. The third-order valence-corrected chi connectivity index (χ3v) is 5.51. The fourth-order valence-electron chi connectivity index (χ4n) is 3.27. The normalized spacial score (nSPS) is 11.5. The van der Waals surface area contributed by atoms with E-state index in [0.717, 1.165) is 26.6 Å². The van der Waals surface area contributed by atoms with Crippen molar-refractivity contribution < 1.29 is 5.11 Å². The fraction of sp³-hybridized carbons (Fsp3) is 0.0909. The van der Waals surface area contributed by atoms with Crippen LogP contribution in [0.5, 0.6) is 5.75 Å². The van der Waals surface area contributed by atoms with Crippen LogP contribution in [0.4, 0.5) is 5.69 Å². The Hall–Kier alpha value is -3.12. The highest BCUT2D eigenvalue weighted by Crippen LogP contribution is 2.34. The third kappa shape index (κ3) is 2.96. The largest absolute Gasteiger partial charge is 0.507 e. The van der Waals surface area contributed by atoms with Crippen molar-refractivity contribution in [3.63, 3.8) is 0 Å². The average Bonchev–Trinajstić information content (AvgIpc) is 2.93. The number of nitrogens with zero attached hydrogens (tertiary/aromatic N) is 3. The Kier molecular flexibility index (Phi) is 4.65. The van der Waals surface area contributed by atoms with Crippen LogP contribution in [0.15, 0.2) is 74.9 Å². The second-order valence-corrected chi connectivity index (χ2v) is 7.36. The first-order chi connectivity index (χ1) is 13.5. The quantitative estimate of drug-likeness (QED) is 0.467. The maximum absolute atomic E-state index is 13.0. The zero-order chi connectivity index (χ0) is 19.8. The number of hydrogen-bond acceptors (Lipinski definition) is 3. The Morgan fingerprint density at radius 3 is 2.39 bits per heavy atom. The second-order valence-electron chi connectivity index (χ2n) is 6.51. The minimum Gasteiger partial charge on any atom is -0.507 e. The topological polar surface area (TPSA) is 59.5 Å². The van der Waals surface area contributed by atoms with Gasteiger partial charge in [-0.05, 0) is 30.5 Å². The van der Waals surface area contributed by atoms with Crippen LogP contribution in [0.1, 0.15) is 11.3 Å². The molecule has 0 fully saturated rings. The number of halogens is 1. The number of hydrogen-bond donors (Lipinski definition) is 1. The number of aromatic nitrogens is 2. The molecule has 0 radical (unpaired) electrons. The summed E-state index contributed by atoms with van der Waals surface area (Å²) in [5, 5.41) is 12.3. The molecule has 0 bridgehead atoms. The van der Waals surface area contributed by atoms with Crippen molar-refractivity contribution in [2.75, 3.05) is 0 Å². The Morgan fingerprint density at radius 1 is 1.04 bits per heavy atom. The third-order valence-electron chi connectivity index (χ3n) is 4.85. The van der Waals surface area contributed by atoms with Crippen LogP contribution >= 0.6 is 15.9 Å². The van der Waals surface area contributed by atoms with Crippen LogP contribution in [0.2, 0.25) is 0 Å². The van der Waals surface area contributed by atoms with Gasteiger partial charge in [0.15, 0.2) is 5.69 Å². The van der Waals surface area contributed by atoms with Crippen LogP contribution in [-0.4, -0.2) is 20.7 Å². The molecule has 28 heavy (non-hydrogen) atoms. The van der Waals surface area contributed by atoms with Crippen molar-refractivity contribution in [1.82, 2.24) is 9.36 Å². The number of phenolic OH excluding ortho intramolecular Hbond substituents is 1. The predicted octanol–water partition coefficient (Wildman–Crippen LogP) is 4.86. The number of para-hydroxylation sites is 1. The highest BCUT2D eigenvalue weighted by molar-refractivity contribution is 9.10. The van der Waals surface area contributed by atoms with Crippen LogP contribution < -0.4 is 5.56 Å². The summed E-state index contributed by atoms with van der Waals surface area (Å²) in [5.74, 6) is 0.138.